The average Bonchev–Trinajstić information content (AvgIpc) is 2.45. The Balaban J connectivity index is 1.84. The first-order valence-electron chi connectivity index (χ1n) is 8.45. The molecule has 118 valence electrons. The molecule has 3 heteroatoms. The summed E-state index contributed by atoms with van der Waals surface area (Å²) in [4.78, 5) is 7.22. The minimum Gasteiger partial charge on any atom is -0.312 e. The molecule has 2 heterocycles. The highest BCUT2D eigenvalue weighted by atomic mass is 15.2. The van der Waals surface area contributed by atoms with E-state index in [1.165, 1.54) is 30.6 Å². The third-order valence-electron chi connectivity index (χ3n) is 4.64. The molecule has 1 aliphatic rings. The van der Waals surface area contributed by atoms with Gasteiger partial charge in [0.05, 0.1) is 5.69 Å². The first-order chi connectivity index (χ1) is 10.1. The van der Waals surface area contributed by atoms with Crippen LogP contribution in [-0.4, -0.2) is 29.0 Å². The van der Waals surface area contributed by atoms with Crippen molar-refractivity contribution in [2.45, 2.75) is 59.7 Å². The molecule has 1 saturated heterocycles. The molecule has 1 aromatic rings. The van der Waals surface area contributed by atoms with E-state index in [-0.39, 0.29) is 0 Å². The maximum absolute atomic E-state index is 4.65. The van der Waals surface area contributed by atoms with Crippen molar-refractivity contribution in [1.82, 2.24) is 15.2 Å². The molecule has 0 saturated carbocycles. The van der Waals surface area contributed by atoms with E-state index in [4.69, 9.17) is 0 Å². The number of pyridine rings is 1. The quantitative estimate of drug-likeness (QED) is 0.869. The Hall–Kier alpha value is -0.930. The molecule has 2 atom stereocenters. The van der Waals surface area contributed by atoms with Crippen LogP contribution >= 0.6 is 0 Å². The lowest BCUT2D eigenvalue weighted by molar-refractivity contribution is 0.105. The molecular weight excluding hydrogens is 258 g/mol. The highest BCUT2D eigenvalue weighted by molar-refractivity contribution is 5.14. The van der Waals surface area contributed by atoms with Crippen molar-refractivity contribution in [3.05, 3.63) is 29.6 Å². The second-order valence-electron chi connectivity index (χ2n) is 7.01. The second-order valence-corrected chi connectivity index (χ2v) is 7.01. The molecule has 3 nitrogen and oxygen atoms in total. The van der Waals surface area contributed by atoms with Crippen molar-refractivity contribution >= 4 is 0 Å². The minimum atomic E-state index is 0.674. The van der Waals surface area contributed by atoms with Crippen LogP contribution in [0.1, 0.15) is 51.8 Å². The van der Waals surface area contributed by atoms with Gasteiger partial charge in [-0.05, 0) is 56.3 Å². The zero-order valence-corrected chi connectivity index (χ0v) is 14.1. The largest absolute Gasteiger partial charge is 0.312 e. The summed E-state index contributed by atoms with van der Waals surface area (Å²) in [6, 6.07) is 5.08. The number of aromatic nitrogens is 1. The van der Waals surface area contributed by atoms with E-state index < -0.39 is 0 Å². The normalized spacial score (nSPS) is 23.7. The van der Waals surface area contributed by atoms with E-state index in [2.05, 4.69) is 55.0 Å². The molecule has 1 fully saturated rings. The van der Waals surface area contributed by atoms with Gasteiger partial charge >= 0.3 is 0 Å². The molecule has 2 unspecified atom stereocenters. The van der Waals surface area contributed by atoms with Gasteiger partial charge in [-0.25, -0.2) is 0 Å². The molecule has 0 amide bonds. The van der Waals surface area contributed by atoms with Crippen LogP contribution < -0.4 is 5.32 Å². The molecule has 1 aromatic heterocycles. The van der Waals surface area contributed by atoms with Gasteiger partial charge in [0, 0.05) is 25.3 Å². The Morgan fingerprint density at radius 1 is 1.33 bits per heavy atom. The van der Waals surface area contributed by atoms with Crippen LogP contribution in [0.4, 0.5) is 0 Å². The Labute approximate surface area is 130 Å². The third-order valence-corrected chi connectivity index (χ3v) is 4.64. The lowest BCUT2D eigenvalue weighted by Gasteiger charge is -2.37. The van der Waals surface area contributed by atoms with Crippen LogP contribution in [-0.2, 0) is 13.1 Å². The van der Waals surface area contributed by atoms with Crippen LogP contribution in [0.15, 0.2) is 18.3 Å². The predicted octanol–water partition coefficient (Wildman–Crippen LogP) is 3.45. The molecule has 0 aromatic carbocycles. The van der Waals surface area contributed by atoms with Crippen LogP contribution in [0.3, 0.4) is 0 Å². The van der Waals surface area contributed by atoms with Gasteiger partial charge in [0.15, 0.2) is 0 Å². The number of likely N-dealkylation sites (tertiary alicyclic amines) is 1. The fourth-order valence-electron chi connectivity index (χ4n) is 3.01. The first-order valence-corrected chi connectivity index (χ1v) is 8.45. The molecular formula is C18H31N3. The lowest BCUT2D eigenvalue weighted by Crippen LogP contribution is -2.41. The summed E-state index contributed by atoms with van der Waals surface area (Å²) in [5, 5.41) is 3.46. The number of nitrogens with one attached hydrogen (secondary N) is 1. The summed E-state index contributed by atoms with van der Waals surface area (Å²) in [5.41, 5.74) is 2.48. The van der Waals surface area contributed by atoms with Gasteiger partial charge in [-0.2, -0.15) is 0 Å². The number of piperidine rings is 1. The molecule has 0 spiro atoms. The van der Waals surface area contributed by atoms with E-state index >= 15 is 0 Å². The third kappa shape index (κ3) is 5.08. The molecule has 2 rings (SSSR count). The van der Waals surface area contributed by atoms with Crippen molar-refractivity contribution in [2.75, 3.05) is 13.1 Å². The predicted molar refractivity (Wildman–Crippen MR) is 89.1 cm³/mol. The monoisotopic (exact) mass is 289 g/mol. The standard InChI is InChI=1S/C18H31N3/c1-14(2)10-19-11-17-7-8-18(20-12-17)13-21-9-5-6-15(3)16(21)4/h7-8,12,14-16,19H,5-6,9-11,13H2,1-4H3. The van der Waals surface area contributed by atoms with Crippen molar-refractivity contribution in [1.29, 1.82) is 0 Å². The van der Waals surface area contributed by atoms with Crippen molar-refractivity contribution in [3.63, 3.8) is 0 Å². The van der Waals surface area contributed by atoms with Crippen LogP contribution in [0, 0.1) is 11.8 Å². The van der Waals surface area contributed by atoms with E-state index in [0.717, 1.165) is 25.6 Å². The van der Waals surface area contributed by atoms with E-state index in [9.17, 15) is 0 Å². The van der Waals surface area contributed by atoms with E-state index in [0.29, 0.717) is 12.0 Å². The minimum absolute atomic E-state index is 0.674. The van der Waals surface area contributed by atoms with Gasteiger partial charge in [0.1, 0.15) is 0 Å². The van der Waals surface area contributed by atoms with Crippen LogP contribution in [0.2, 0.25) is 0 Å². The topological polar surface area (TPSA) is 28.2 Å². The first kappa shape index (κ1) is 16.4. The highest BCUT2D eigenvalue weighted by Crippen LogP contribution is 2.24. The summed E-state index contributed by atoms with van der Waals surface area (Å²) >= 11 is 0. The summed E-state index contributed by atoms with van der Waals surface area (Å²) in [6.45, 7) is 13.4. The van der Waals surface area contributed by atoms with Gasteiger partial charge in [0.2, 0.25) is 0 Å². The zero-order chi connectivity index (χ0) is 15.2. The molecule has 0 aliphatic carbocycles. The van der Waals surface area contributed by atoms with Gasteiger partial charge < -0.3 is 5.32 Å². The Bertz CT molecular complexity index is 413. The Morgan fingerprint density at radius 2 is 2.14 bits per heavy atom. The number of hydrogen-bond donors (Lipinski definition) is 1. The fourth-order valence-corrected chi connectivity index (χ4v) is 3.01. The zero-order valence-electron chi connectivity index (χ0n) is 14.1. The summed E-state index contributed by atoms with van der Waals surface area (Å²) in [7, 11) is 0. The van der Waals surface area contributed by atoms with Gasteiger partial charge in [-0.1, -0.05) is 26.8 Å². The van der Waals surface area contributed by atoms with E-state index in [1.54, 1.807) is 0 Å². The molecule has 0 radical (unpaired) electrons. The number of nitrogens with zero attached hydrogens (tertiary/aromatic N) is 2. The maximum atomic E-state index is 4.65. The smallest absolute Gasteiger partial charge is 0.0544 e. The van der Waals surface area contributed by atoms with Gasteiger partial charge in [-0.15, -0.1) is 0 Å². The van der Waals surface area contributed by atoms with Crippen molar-refractivity contribution in [2.24, 2.45) is 11.8 Å². The molecule has 21 heavy (non-hydrogen) atoms. The second kappa shape index (κ2) is 7.90. The van der Waals surface area contributed by atoms with Gasteiger partial charge in [-0.3, -0.25) is 9.88 Å². The van der Waals surface area contributed by atoms with Crippen molar-refractivity contribution < 1.29 is 0 Å². The van der Waals surface area contributed by atoms with Crippen LogP contribution in [0.25, 0.3) is 0 Å². The summed E-state index contributed by atoms with van der Waals surface area (Å²) in [5.74, 6) is 1.50. The summed E-state index contributed by atoms with van der Waals surface area (Å²) < 4.78 is 0. The molecule has 0 bridgehead atoms. The lowest BCUT2D eigenvalue weighted by atomic mass is 9.92. The molecule has 1 aliphatic heterocycles. The number of rotatable bonds is 6. The summed E-state index contributed by atoms with van der Waals surface area (Å²) in [6.07, 6.45) is 4.72. The average molecular weight is 289 g/mol. The van der Waals surface area contributed by atoms with E-state index in [1.807, 2.05) is 6.20 Å². The number of hydrogen-bond acceptors (Lipinski definition) is 3. The van der Waals surface area contributed by atoms with Crippen molar-refractivity contribution in [3.8, 4) is 0 Å². The maximum Gasteiger partial charge on any atom is 0.0544 e. The highest BCUT2D eigenvalue weighted by Gasteiger charge is 2.24. The fraction of sp³-hybridized carbons (Fsp3) is 0.722. The Morgan fingerprint density at radius 3 is 2.81 bits per heavy atom. The van der Waals surface area contributed by atoms with Gasteiger partial charge in [0.25, 0.3) is 0 Å². The van der Waals surface area contributed by atoms with Crippen LogP contribution in [0.5, 0.6) is 0 Å². The molecule has 1 N–H and O–H groups in total. The Kier molecular flexibility index (Phi) is 6.19. The SMILES string of the molecule is CC(C)CNCc1ccc(CN2CCCC(C)C2C)nc1.